The van der Waals surface area contributed by atoms with Crippen molar-refractivity contribution in [2.45, 2.75) is 123 Å². The van der Waals surface area contributed by atoms with Gasteiger partial charge in [-0.05, 0) is 92.2 Å². The van der Waals surface area contributed by atoms with E-state index in [1.165, 1.54) is 43.4 Å². The van der Waals surface area contributed by atoms with Crippen molar-refractivity contribution < 1.29 is 56.8 Å². The fourth-order valence-corrected chi connectivity index (χ4v) is 8.18. The normalized spacial score (nSPS) is 24.6. The monoisotopic (exact) mass is 882 g/mol. The number of aliphatic hydroxyl groups is 1. The van der Waals surface area contributed by atoms with E-state index in [1.807, 2.05) is 52.0 Å². The summed E-state index contributed by atoms with van der Waals surface area (Å²) in [5.74, 6) is 2.61. The minimum absolute atomic E-state index is 0. The van der Waals surface area contributed by atoms with E-state index in [0.29, 0.717) is 49.1 Å². The Labute approximate surface area is 377 Å². The molecular weight excluding hydrogens is 817 g/mol. The number of ether oxygens (including phenoxy) is 4. The second kappa shape index (κ2) is 23.7. The van der Waals surface area contributed by atoms with Gasteiger partial charge in [0, 0.05) is 89.5 Å². The van der Waals surface area contributed by atoms with Gasteiger partial charge in [-0.2, -0.15) is 0 Å². The molecule has 0 spiro atoms. The Kier molecular flexibility index (Phi) is 18.9. The van der Waals surface area contributed by atoms with Crippen LogP contribution < -0.4 is 24.3 Å². The van der Waals surface area contributed by atoms with E-state index in [-0.39, 0.29) is 51.0 Å². The third-order valence-electron chi connectivity index (χ3n) is 11.1. The van der Waals surface area contributed by atoms with Crippen LogP contribution in [0.5, 0.6) is 23.3 Å². The smallest absolute Gasteiger partial charge is 0.257 e. The van der Waals surface area contributed by atoms with Gasteiger partial charge in [0.2, 0.25) is 0 Å². The number of hydrogen-bond donors (Lipinski definition) is 2. The van der Waals surface area contributed by atoms with E-state index >= 15 is 0 Å². The van der Waals surface area contributed by atoms with Crippen LogP contribution in [0.2, 0.25) is 0 Å². The summed E-state index contributed by atoms with van der Waals surface area (Å²) in [6.07, 6.45) is 8.33. The number of aliphatic hydroxyl groups excluding tert-OH is 1. The van der Waals surface area contributed by atoms with Gasteiger partial charge in [-0.25, -0.2) is 9.97 Å². The molecule has 2 aromatic carbocycles. The number of piperazine rings is 2. The van der Waals surface area contributed by atoms with Crippen molar-refractivity contribution in [3.05, 3.63) is 113 Å². The third-order valence-corrected chi connectivity index (χ3v) is 11.1. The van der Waals surface area contributed by atoms with Crippen LogP contribution in [0.1, 0.15) is 102 Å². The fourth-order valence-electron chi connectivity index (χ4n) is 8.18. The average Bonchev–Trinajstić information content (AvgIpc) is 3.29. The zero-order valence-corrected chi connectivity index (χ0v) is 38.8. The van der Waals surface area contributed by atoms with E-state index in [0.717, 1.165) is 55.3 Å². The van der Waals surface area contributed by atoms with Gasteiger partial charge in [0.1, 0.15) is 13.2 Å². The molecule has 6 fully saturated rings. The van der Waals surface area contributed by atoms with Crippen LogP contribution in [-0.4, -0.2) is 94.5 Å². The molecule has 1 unspecified atom stereocenters. The van der Waals surface area contributed by atoms with Crippen molar-refractivity contribution in [2.24, 2.45) is 0 Å². The second-order valence-corrected chi connectivity index (χ2v) is 15.5. The number of fused-ring (bicyclic) bond motifs is 8. The third kappa shape index (κ3) is 12.9. The van der Waals surface area contributed by atoms with E-state index in [1.54, 1.807) is 26.2 Å². The van der Waals surface area contributed by atoms with Crippen LogP contribution in [0, 0.1) is 0 Å². The first kappa shape index (κ1) is 46.9. The maximum absolute atomic E-state index is 8.06. The molecule has 6 atom stereocenters. The summed E-state index contributed by atoms with van der Waals surface area (Å²) < 4.78 is 23.5. The van der Waals surface area contributed by atoms with E-state index in [2.05, 4.69) is 73.6 Å². The Hall–Kier alpha value is -3.16. The standard InChI is InChI=1S/C20H23N3O2.C20H22N3O2.C3H8O.2C2H6.Y/c2*1-2-18-20(21-9-1)25-19(13-24-18)15-5-3-14(4-6-15)11-23-12-16-7-8-17(23)10-22-16;1-3(2)4;2*1-2;/h1-6,9,16-17,19,22H,7-8,10-13H2;1-6,9,16-17,19H,7-8,10-13H2;3-4H,1-2H3;2*1-2H3;/q;-1;;;;/t16-,17-,19+;16-,17-,19?;;;;/m00..../s1. The van der Waals surface area contributed by atoms with Gasteiger partial charge in [-0.1, -0.05) is 82.6 Å². The number of nitrogens with one attached hydrogen (secondary N) is 1. The molecule has 4 bridgehead atoms. The molecule has 59 heavy (non-hydrogen) atoms. The molecule has 2 aromatic heterocycles. The quantitative estimate of drug-likeness (QED) is 0.196. The van der Waals surface area contributed by atoms with Crippen molar-refractivity contribution in [3.63, 3.8) is 0 Å². The van der Waals surface area contributed by atoms with Crippen LogP contribution >= 0.6 is 0 Å². The molecular formula is C47H65N6O5Y-. The zero-order valence-electron chi connectivity index (χ0n) is 36.0. The first-order valence-corrected chi connectivity index (χ1v) is 21.7. The van der Waals surface area contributed by atoms with Crippen LogP contribution in [0.4, 0.5) is 0 Å². The largest absolute Gasteiger partial charge is 0.657 e. The molecule has 0 aliphatic carbocycles. The van der Waals surface area contributed by atoms with Crippen LogP contribution in [0.15, 0.2) is 85.2 Å². The van der Waals surface area contributed by atoms with Crippen molar-refractivity contribution in [2.75, 3.05) is 39.4 Å². The molecule has 317 valence electrons. The second-order valence-electron chi connectivity index (χ2n) is 15.5. The van der Waals surface area contributed by atoms with Gasteiger partial charge < -0.3 is 34.7 Å². The van der Waals surface area contributed by atoms with Crippen molar-refractivity contribution >= 4 is 0 Å². The van der Waals surface area contributed by atoms with Gasteiger partial charge in [0.05, 0.1) is 0 Å². The van der Waals surface area contributed by atoms with Crippen LogP contribution in [0.3, 0.4) is 0 Å². The molecule has 12 rings (SSSR count). The summed E-state index contributed by atoms with van der Waals surface area (Å²) in [7, 11) is 0. The minimum atomic E-state index is -0.167. The molecule has 1 radical (unpaired) electrons. The maximum atomic E-state index is 8.06. The molecule has 4 aromatic rings. The molecule has 12 heteroatoms. The average molecular weight is 883 g/mol. The predicted octanol–water partition coefficient (Wildman–Crippen LogP) is 8.28. The Morgan fingerprint density at radius 1 is 0.695 bits per heavy atom. The first-order chi connectivity index (χ1) is 28.4. The molecule has 11 nitrogen and oxygen atoms in total. The first-order valence-electron chi connectivity index (χ1n) is 21.7. The van der Waals surface area contributed by atoms with Crippen molar-refractivity contribution in [3.8, 4) is 23.3 Å². The van der Waals surface area contributed by atoms with Crippen molar-refractivity contribution in [1.82, 2.24) is 25.1 Å². The Morgan fingerprint density at radius 3 is 1.58 bits per heavy atom. The molecule has 6 saturated heterocycles. The number of pyridine rings is 2. The number of hydrogen-bond acceptors (Lipinski definition) is 10. The molecule has 0 amide bonds. The van der Waals surface area contributed by atoms with Crippen LogP contribution in [0.25, 0.3) is 5.32 Å². The summed E-state index contributed by atoms with van der Waals surface area (Å²) in [5, 5.41) is 16.4. The Bertz CT molecular complexity index is 1670. The predicted molar refractivity (Wildman–Crippen MR) is 230 cm³/mol. The number of benzene rings is 2. The number of piperidine rings is 4. The molecule has 8 aliphatic rings. The minimum Gasteiger partial charge on any atom is -0.657 e. The Balaban J connectivity index is 0.000000189. The van der Waals surface area contributed by atoms with Gasteiger partial charge >= 0.3 is 0 Å². The zero-order chi connectivity index (χ0) is 40.9. The van der Waals surface area contributed by atoms with E-state index in [9.17, 15) is 0 Å². The molecule has 10 heterocycles. The number of aromatic nitrogens is 2. The van der Waals surface area contributed by atoms with Crippen molar-refractivity contribution in [1.29, 1.82) is 0 Å². The van der Waals surface area contributed by atoms with E-state index in [4.69, 9.17) is 29.4 Å². The molecule has 2 N–H and O–H groups in total. The number of rotatable bonds is 6. The fraction of sp³-hybridized carbons (Fsp3) is 0.532. The summed E-state index contributed by atoms with van der Waals surface area (Å²) in [4.78, 5) is 13.7. The summed E-state index contributed by atoms with van der Waals surface area (Å²) in [6.45, 7) is 19.0. The molecule has 0 saturated carbocycles. The summed E-state index contributed by atoms with van der Waals surface area (Å²) in [6, 6.07) is 27.6. The van der Waals surface area contributed by atoms with Gasteiger partial charge in [-0.3, -0.25) is 9.80 Å². The summed E-state index contributed by atoms with van der Waals surface area (Å²) in [5.41, 5.74) is 5.00. The summed E-state index contributed by atoms with van der Waals surface area (Å²) >= 11 is 0. The van der Waals surface area contributed by atoms with E-state index < -0.39 is 0 Å². The molecule has 8 aliphatic heterocycles. The van der Waals surface area contributed by atoms with Gasteiger partial charge in [0.25, 0.3) is 11.8 Å². The van der Waals surface area contributed by atoms with Gasteiger partial charge in [-0.15, -0.1) is 12.6 Å². The van der Waals surface area contributed by atoms with Crippen LogP contribution in [-0.2, 0) is 45.8 Å². The maximum Gasteiger partial charge on any atom is 0.257 e. The topological polar surface area (TPSA) is 116 Å². The number of nitrogens with zero attached hydrogens (tertiary/aromatic N) is 5. The Morgan fingerprint density at radius 2 is 1.19 bits per heavy atom. The SMILES string of the molecule is CC.CC.CC(C)O.[Y].c1cnc2c(c1)OCC(c1ccc(CN3C[C@@H]4CC[C@H]3C[N-]4)cc1)O2.c1cnc2c(c1)OC[C@H](c1ccc(CN3C[C@@H]4CC[C@H]3CN4)cc1)O2. The van der Waals surface area contributed by atoms with Gasteiger partial charge in [0.15, 0.2) is 23.7 Å².